The van der Waals surface area contributed by atoms with Crippen molar-refractivity contribution >= 4 is 0 Å². The van der Waals surface area contributed by atoms with Gasteiger partial charge in [-0.3, -0.25) is 0 Å². The minimum absolute atomic E-state index is 0.464. The van der Waals surface area contributed by atoms with Crippen molar-refractivity contribution in [1.29, 1.82) is 0 Å². The van der Waals surface area contributed by atoms with Crippen LogP contribution in [0, 0.1) is 17.8 Å². The lowest BCUT2D eigenvalue weighted by molar-refractivity contribution is 0.202. The van der Waals surface area contributed by atoms with Crippen LogP contribution in [0.25, 0.3) is 0 Å². The Morgan fingerprint density at radius 2 is 1.56 bits per heavy atom. The average Bonchev–Trinajstić information content (AvgIpc) is 2.68. The van der Waals surface area contributed by atoms with Crippen LogP contribution < -0.4 is 5.73 Å². The molecule has 1 saturated carbocycles. The smallest absolute Gasteiger partial charge is 0.00793 e. The van der Waals surface area contributed by atoms with Crippen LogP contribution in [0.15, 0.2) is 0 Å². The van der Waals surface area contributed by atoms with E-state index in [0.717, 1.165) is 17.8 Å². The van der Waals surface area contributed by atoms with E-state index in [2.05, 4.69) is 32.6 Å². The van der Waals surface area contributed by atoms with Crippen molar-refractivity contribution in [1.82, 2.24) is 4.90 Å². The molecule has 0 aromatic carbocycles. The molecule has 0 saturated heterocycles. The summed E-state index contributed by atoms with van der Waals surface area (Å²) in [6, 6.07) is 0.464. The van der Waals surface area contributed by atoms with Crippen molar-refractivity contribution in [2.45, 2.75) is 65.8 Å². The Balaban J connectivity index is 2.37. The van der Waals surface area contributed by atoms with Crippen LogP contribution >= 0.6 is 0 Å². The molecule has 0 spiro atoms. The van der Waals surface area contributed by atoms with Crippen LogP contribution in [-0.2, 0) is 0 Å². The highest BCUT2D eigenvalue weighted by Crippen LogP contribution is 2.25. The van der Waals surface area contributed by atoms with Gasteiger partial charge in [0.25, 0.3) is 0 Å². The lowest BCUT2D eigenvalue weighted by Crippen LogP contribution is -2.38. The maximum Gasteiger partial charge on any atom is 0.00793 e. The zero-order chi connectivity index (χ0) is 13.5. The Morgan fingerprint density at radius 3 is 1.94 bits per heavy atom. The normalized spacial score (nSPS) is 24.7. The summed E-state index contributed by atoms with van der Waals surface area (Å²) in [7, 11) is 0. The minimum Gasteiger partial charge on any atom is -0.327 e. The molecule has 0 heterocycles. The first-order chi connectivity index (χ1) is 8.49. The second-order valence-electron chi connectivity index (χ2n) is 7.02. The fourth-order valence-electron chi connectivity index (χ4n) is 2.80. The third-order valence-electron chi connectivity index (χ3n) is 4.26. The molecule has 1 aliphatic carbocycles. The Hall–Kier alpha value is -0.0800. The van der Waals surface area contributed by atoms with Gasteiger partial charge in [-0.15, -0.1) is 0 Å². The Labute approximate surface area is 114 Å². The molecule has 1 rings (SSSR count). The van der Waals surface area contributed by atoms with E-state index in [1.165, 1.54) is 51.7 Å². The first-order valence-electron chi connectivity index (χ1n) is 7.97. The molecule has 2 N–H and O–H groups in total. The Bertz CT molecular complexity index is 201. The van der Waals surface area contributed by atoms with E-state index < -0.39 is 0 Å². The van der Waals surface area contributed by atoms with Crippen LogP contribution in [0.1, 0.15) is 59.8 Å². The predicted octanol–water partition coefficient (Wildman–Crippen LogP) is 3.51. The molecule has 2 atom stereocenters. The highest BCUT2D eigenvalue weighted by molar-refractivity contribution is 4.82. The van der Waals surface area contributed by atoms with Gasteiger partial charge in [0, 0.05) is 12.6 Å². The zero-order valence-corrected chi connectivity index (χ0v) is 13.0. The highest BCUT2D eigenvalue weighted by atomic mass is 15.1. The van der Waals surface area contributed by atoms with E-state index >= 15 is 0 Å². The molecule has 0 bridgehead atoms. The summed E-state index contributed by atoms with van der Waals surface area (Å²) in [4.78, 5) is 2.68. The van der Waals surface area contributed by atoms with Gasteiger partial charge < -0.3 is 10.6 Å². The summed E-state index contributed by atoms with van der Waals surface area (Å²) in [6.07, 6.45) is 6.57. The largest absolute Gasteiger partial charge is 0.327 e. The van der Waals surface area contributed by atoms with E-state index in [9.17, 15) is 0 Å². The van der Waals surface area contributed by atoms with Gasteiger partial charge in [-0.2, -0.15) is 0 Å². The first-order valence-corrected chi connectivity index (χ1v) is 7.97. The number of hydrogen-bond acceptors (Lipinski definition) is 2. The van der Waals surface area contributed by atoms with Crippen LogP contribution in [-0.4, -0.2) is 30.6 Å². The van der Waals surface area contributed by atoms with Gasteiger partial charge in [-0.25, -0.2) is 0 Å². The molecule has 18 heavy (non-hydrogen) atoms. The number of nitrogens with two attached hydrogens (primary N) is 1. The SMILES string of the molecule is CC(C)CCN(CCC(C)C)CC1CCCC1N. The number of hydrogen-bond donors (Lipinski definition) is 1. The molecule has 0 radical (unpaired) electrons. The van der Waals surface area contributed by atoms with E-state index in [4.69, 9.17) is 5.73 Å². The van der Waals surface area contributed by atoms with E-state index in [1.807, 2.05) is 0 Å². The van der Waals surface area contributed by atoms with Crippen molar-refractivity contribution in [3.8, 4) is 0 Å². The van der Waals surface area contributed by atoms with Crippen molar-refractivity contribution in [3.05, 3.63) is 0 Å². The summed E-state index contributed by atoms with van der Waals surface area (Å²) in [6.45, 7) is 13.0. The van der Waals surface area contributed by atoms with Gasteiger partial charge in [0.15, 0.2) is 0 Å². The maximum absolute atomic E-state index is 6.21. The van der Waals surface area contributed by atoms with Crippen LogP contribution in [0.3, 0.4) is 0 Å². The first kappa shape index (κ1) is 16.0. The molecule has 0 amide bonds. The van der Waals surface area contributed by atoms with E-state index in [-0.39, 0.29) is 0 Å². The maximum atomic E-state index is 6.21. The quantitative estimate of drug-likeness (QED) is 0.718. The lowest BCUT2D eigenvalue weighted by atomic mass is 10.0. The third kappa shape index (κ3) is 6.19. The van der Waals surface area contributed by atoms with Crippen molar-refractivity contribution < 1.29 is 0 Å². The standard InChI is InChI=1S/C16H34N2/c1-13(2)8-10-18(11-9-14(3)4)12-15-6-5-7-16(15)17/h13-16H,5-12,17H2,1-4H3. The summed E-state index contributed by atoms with van der Waals surface area (Å²) in [5.74, 6) is 2.37. The van der Waals surface area contributed by atoms with Crippen LogP contribution in [0.4, 0.5) is 0 Å². The predicted molar refractivity (Wildman–Crippen MR) is 80.7 cm³/mol. The van der Waals surface area contributed by atoms with Gasteiger partial charge in [-0.1, -0.05) is 34.1 Å². The fourth-order valence-corrected chi connectivity index (χ4v) is 2.80. The highest BCUT2D eigenvalue weighted by Gasteiger charge is 2.25. The topological polar surface area (TPSA) is 29.3 Å². The van der Waals surface area contributed by atoms with Crippen molar-refractivity contribution in [3.63, 3.8) is 0 Å². The molecule has 0 aliphatic heterocycles. The van der Waals surface area contributed by atoms with Gasteiger partial charge in [-0.05, 0) is 56.5 Å². The zero-order valence-electron chi connectivity index (χ0n) is 13.0. The molecular weight excluding hydrogens is 220 g/mol. The van der Waals surface area contributed by atoms with Gasteiger partial charge in [0.1, 0.15) is 0 Å². The Kier molecular flexibility index (Phi) is 7.25. The number of nitrogens with zero attached hydrogens (tertiary/aromatic N) is 1. The Morgan fingerprint density at radius 1 is 1.00 bits per heavy atom. The molecular formula is C16H34N2. The van der Waals surface area contributed by atoms with Gasteiger partial charge in [0.05, 0.1) is 0 Å². The molecule has 0 aromatic rings. The van der Waals surface area contributed by atoms with Crippen molar-refractivity contribution in [2.24, 2.45) is 23.5 Å². The molecule has 2 nitrogen and oxygen atoms in total. The van der Waals surface area contributed by atoms with Crippen LogP contribution in [0.2, 0.25) is 0 Å². The molecule has 1 aliphatic rings. The average molecular weight is 254 g/mol. The van der Waals surface area contributed by atoms with Gasteiger partial charge in [0.2, 0.25) is 0 Å². The van der Waals surface area contributed by atoms with E-state index in [1.54, 1.807) is 0 Å². The second kappa shape index (κ2) is 8.16. The lowest BCUT2D eigenvalue weighted by Gasteiger charge is -2.28. The fraction of sp³-hybridized carbons (Fsp3) is 1.00. The molecule has 0 aromatic heterocycles. The number of rotatable bonds is 8. The van der Waals surface area contributed by atoms with Crippen LogP contribution in [0.5, 0.6) is 0 Å². The third-order valence-corrected chi connectivity index (χ3v) is 4.26. The monoisotopic (exact) mass is 254 g/mol. The second-order valence-corrected chi connectivity index (χ2v) is 7.02. The van der Waals surface area contributed by atoms with Crippen molar-refractivity contribution in [2.75, 3.05) is 19.6 Å². The molecule has 2 unspecified atom stereocenters. The molecule has 1 fully saturated rings. The summed E-state index contributed by atoms with van der Waals surface area (Å²) in [5, 5.41) is 0. The summed E-state index contributed by atoms with van der Waals surface area (Å²) >= 11 is 0. The minimum atomic E-state index is 0.464. The summed E-state index contributed by atoms with van der Waals surface area (Å²) < 4.78 is 0. The summed E-state index contributed by atoms with van der Waals surface area (Å²) in [5.41, 5.74) is 6.21. The van der Waals surface area contributed by atoms with E-state index in [0.29, 0.717) is 6.04 Å². The molecule has 108 valence electrons. The molecule has 2 heteroatoms. The van der Waals surface area contributed by atoms with Gasteiger partial charge >= 0.3 is 0 Å².